The molecule has 1 atom stereocenters. The third-order valence-corrected chi connectivity index (χ3v) is 6.38. The molecule has 0 unspecified atom stereocenters. The van der Waals surface area contributed by atoms with Crippen molar-refractivity contribution in [3.8, 4) is 0 Å². The van der Waals surface area contributed by atoms with Crippen LogP contribution < -0.4 is 0 Å². The number of rotatable bonds is 3. The van der Waals surface area contributed by atoms with Crippen LogP contribution in [-0.2, 0) is 12.8 Å². The number of fused-ring (bicyclic) bond motifs is 1. The zero-order valence-electron chi connectivity index (χ0n) is 13.0. The standard InChI is InChI=1S/C17H19N3O2S/c21-17(14-9-11-3-1-5-13(11)23-14)20-8-2-4-12(20)15-18-16(22-19-15)10-6-7-10/h9-10,12H,1-8H2/t12-/m0/s1. The fraction of sp³-hybridized carbons (Fsp3) is 0.588. The van der Waals surface area contributed by atoms with E-state index < -0.39 is 0 Å². The summed E-state index contributed by atoms with van der Waals surface area (Å²) in [4.78, 5) is 21.7. The number of likely N-dealkylation sites (tertiary alicyclic amines) is 1. The zero-order valence-corrected chi connectivity index (χ0v) is 13.8. The second-order valence-corrected chi connectivity index (χ2v) is 7.97. The highest BCUT2D eigenvalue weighted by Crippen LogP contribution is 2.41. The molecular weight excluding hydrogens is 310 g/mol. The van der Waals surface area contributed by atoms with Crippen molar-refractivity contribution in [2.24, 2.45) is 0 Å². The summed E-state index contributed by atoms with van der Waals surface area (Å²) in [6.07, 6.45) is 7.72. The Labute approximate surface area is 138 Å². The van der Waals surface area contributed by atoms with E-state index in [9.17, 15) is 4.79 Å². The number of amides is 1. The van der Waals surface area contributed by atoms with E-state index in [1.54, 1.807) is 11.3 Å². The first-order valence-electron chi connectivity index (χ1n) is 8.55. The van der Waals surface area contributed by atoms with Crippen LogP contribution in [0, 0.1) is 0 Å². The van der Waals surface area contributed by atoms with Gasteiger partial charge in [0.2, 0.25) is 5.89 Å². The van der Waals surface area contributed by atoms with E-state index in [1.807, 2.05) is 4.90 Å². The van der Waals surface area contributed by atoms with Crippen molar-refractivity contribution < 1.29 is 9.32 Å². The molecule has 1 saturated carbocycles. The van der Waals surface area contributed by atoms with E-state index >= 15 is 0 Å². The quantitative estimate of drug-likeness (QED) is 0.865. The van der Waals surface area contributed by atoms with E-state index in [1.165, 1.54) is 16.9 Å². The lowest BCUT2D eigenvalue weighted by Crippen LogP contribution is -2.30. The molecule has 23 heavy (non-hydrogen) atoms. The fourth-order valence-electron chi connectivity index (χ4n) is 3.73. The first kappa shape index (κ1) is 13.7. The van der Waals surface area contributed by atoms with Crippen molar-refractivity contribution in [3.63, 3.8) is 0 Å². The van der Waals surface area contributed by atoms with Crippen molar-refractivity contribution in [2.75, 3.05) is 6.54 Å². The van der Waals surface area contributed by atoms with Crippen LogP contribution in [0.4, 0.5) is 0 Å². The van der Waals surface area contributed by atoms with Crippen LogP contribution in [-0.4, -0.2) is 27.5 Å². The van der Waals surface area contributed by atoms with E-state index in [-0.39, 0.29) is 11.9 Å². The molecule has 1 aliphatic heterocycles. The summed E-state index contributed by atoms with van der Waals surface area (Å²) < 4.78 is 5.39. The Morgan fingerprint density at radius 2 is 2.17 bits per heavy atom. The first-order chi connectivity index (χ1) is 11.3. The van der Waals surface area contributed by atoms with Gasteiger partial charge in [-0.3, -0.25) is 4.79 Å². The van der Waals surface area contributed by atoms with Gasteiger partial charge in [0.15, 0.2) is 5.82 Å². The Hall–Kier alpha value is -1.69. The average molecular weight is 329 g/mol. The number of aromatic nitrogens is 2. The average Bonchev–Trinajstić information content (AvgIpc) is 3.00. The van der Waals surface area contributed by atoms with E-state index in [2.05, 4.69) is 16.2 Å². The van der Waals surface area contributed by atoms with Crippen LogP contribution in [0.1, 0.15) is 75.9 Å². The fourth-order valence-corrected chi connectivity index (χ4v) is 4.94. The number of carbonyl (C=O) groups excluding carboxylic acids is 1. The van der Waals surface area contributed by atoms with Crippen LogP contribution in [0.15, 0.2) is 10.6 Å². The maximum absolute atomic E-state index is 12.9. The molecule has 5 rings (SSSR count). The Balaban J connectivity index is 1.40. The summed E-state index contributed by atoms with van der Waals surface area (Å²) in [6.45, 7) is 0.791. The molecule has 1 amide bonds. The van der Waals surface area contributed by atoms with Gasteiger partial charge in [-0.25, -0.2) is 0 Å². The zero-order chi connectivity index (χ0) is 15.4. The smallest absolute Gasteiger partial charge is 0.264 e. The molecule has 0 radical (unpaired) electrons. The van der Waals surface area contributed by atoms with Crippen molar-refractivity contribution in [3.05, 3.63) is 33.1 Å². The molecule has 2 aliphatic carbocycles. The molecular formula is C17H19N3O2S. The van der Waals surface area contributed by atoms with Gasteiger partial charge in [0.25, 0.3) is 5.91 Å². The lowest BCUT2D eigenvalue weighted by Gasteiger charge is -2.21. The Kier molecular flexibility index (Phi) is 3.08. The second kappa shape index (κ2) is 5.16. The van der Waals surface area contributed by atoms with Gasteiger partial charge in [0.1, 0.15) is 0 Å². The highest BCUT2D eigenvalue weighted by molar-refractivity contribution is 7.14. The van der Waals surface area contributed by atoms with Crippen LogP contribution in [0.2, 0.25) is 0 Å². The van der Waals surface area contributed by atoms with Gasteiger partial charge in [-0.1, -0.05) is 5.16 Å². The number of carbonyl (C=O) groups is 1. The van der Waals surface area contributed by atoms with E-state index in [0.717, 1.165) is 55.8 Å². The summed E-state index contributed by atoms with van der Waals surface area (Å²) in [5.74, 6) is 2.06. The predicted octanol–water partition coefficient (Wildman–Crippen LogP) is 3.47. The normalized spacial score (nSPS) is 23.5. The van der Waals surface area contributed by atoms with Gasteiger partial charge >= 0.3 is 0 Å². The third kappa shape index (κ3) is 2.31. The Bertz CT molecular complexity index is 740. The molecule has 120 valence electrons. The largest absolute Gasteiger partial charge is 0.339 e. The highest BCUT2D eigenvalue weighted by atomic mass is 32.1. The summed E-state index contributed by atoms with van der Waals surface area (Å²) in [6, 6.07) is 2.09. The Morgan fingerprint density at radius 1 is 1.26 bits per heavy atom. The minimum atomic E-state index is -0.0179. The maximum Gasteiger partial charge on any atom is 0.264 e. The minimum Gasteiger partial charge on any atom is -0.339 e. The predicted molar refractivity (Wildman–Crippen MR) is 85.6 cm³/mol. The SMILES string of the molecule is O=C(c1cc2c(s1)CCC2)N1CCC[C@H]1c1noc(C2CC2)n1. The summed E-state index contributed by atoms with van der Waals surface area (Å²) in [5, 5.41) is 4.16. The summed E-state index contributed by atoms with van der Waals surface area (Å²) in [7, 11) is 0. The van der Waals surface area contributed by atoms with E-state index in [0.29, 0.717) is 11.7 Å². The molecule has 6 heteroatoms. The lowest BCUT2D eigenvalue weighted by atomic mass is 10.2. The van der Waals surface area contributed by atoms with Crippen LogP contribution in [0.25, 0.3) is 0 Å². The highest BCUT2D eigenvalue weighted by Gasteiger charge is 2.37. The van der Waals surface area contributed by atoms with Gasteiger partial charge in [-0.15, -0.1) is 11.3 Å². The third-order valence-electron chi connectivity index (χ3n) is 5.15. The molecule has 3 aliphatic rings. The molecule has 2 aromatic heterocycles. The molecule has 0 aromatic carbocycles. The number of thiophene rings is 1. The molecule has 2 fully saturated rings. The molecule has 1 saturated heterocycles. The molecule has 3 heterocycles. The van der Waals surface area contributed by atoms with Gasteiger partial charge < -0.3 is 9.42 Å². The molecule has 0 spiro atoms. The number of hydrogen-bond donors (Lipinski definition) is 0. The summed E-state index contributed by atoms with van der Waals surface area (Å²) in [5.41, 5.74) is 1.38. The number of hydrogen-bond acceptors (Lipinski definition) is 5. The molecule has 0 bridgehead atoms. The van der Waals surface area contributed by atoms with Gasteiger partial charge in [-0.05, 0) is 56.6 Å². The summed E-state index contributed by atoms with van der Waals surface area (Å²) >= 11 is 1.68. The molecule has 5 nitrogen and oxygen atoms in total. The van der Waals surface area contributed by atoms with Crippen LogP contribution >= 0.6 is 11.3 Å². The van der Waals surface area contributed by atoms with Crippen molar-refractivity contribution in [2.45, 2.75) is 56.9 Å². The van der Waals surface area contributed by atoms with Crippen molar-refractivity contribution >= 4 is 17.2 Å². The van der Waals surface area contributed by atoms with Crippen LogP contribution in [0.5, 0.6) is 0 Å². The maximum atomic E-state index is 12.9. The van der Waals surface area contributed by atoms with Crippen molar-refractivity contribution in [1.82, 2.24) is 15.0 Å². The minimum absolute atomic E-state index is 0.0179. The van der Waals surface area contributed by atoms with Gasteiger partial charge in [-0.2, -0.15) is 4.98 Å². The topological polar surface area (TPSA) is 59.2 Å². The van der Waals surface area contributed by atoms with Crippen LogP contribution in [0.3, 0.4) is 0 Å². The first-order valence-corrected chi connectivity index (χ1v) is 9.37. The molecule has 2 aromatic rings. The van der Waals surface area contributed by atoms with Crippen molar-refractivity contribution in [1.29, 1.82) is 0 Å². The monoisotopic (exact) mass is 329 g/mol. The second-order valence-electron chi connectivity index (χ2n) is 6.83. The van der Waals surface area contributed by atoms with Gasteiger partial charge in [0, 0.05) is 17.3 Å². The lowest BCUT2D eigenvalue weighted by molar-refractivity contribution is 0.0733. The Morgan fingerprint density at radius 3 is 3.00 bits per heavy atom. The number of aryl methyl sites for hydroxylation is 2. The number of nitrogens with zero attached hydrogens (tertiary/aromatic N) is 3. The van der Waals surface area contributed by atoms with Gasteiger partial charge in [0.05, 0.1) is 10.9 Å². The van der Waals surface area contributed by atoms with E-state index in [4.69, 9.17) is 4.52 Å². The molecule has 0 N–H and O–H groups in total.